The van der Waals surface area contributed by atoms with E-state index in [9.17, 15) is 0 Å². The number of nitrogens with two attached hydrogens (primary N) is 1. The van der Waals surface area contributed by atoms with Crippen molar-refractivity contribution in [2.75, 3.05) is 25.5 Å². The number of methoxy groups -OCH3 is 1. The Balaban J connectivity index is 2.07. The first-order valence-electron chi connectivity index (χ1n) is 7.22. The molecule has 0 aromatic heterocycles. The molecule has 0 saturated heterocycles. The summed E-state index contributed by atoms with van der Waals surface area (Å²) in [4.78, 5) is 0. The molecular formula is C16H26N2O. The Bertz CT molecular complexity index is 419. The zero-order valence-corrected chi connectivity index (χ0v) is 12.3. The van der Waals surface area contributed by atoms with Crippen LogP contribution in [-0.4, -0.2) is 20.2 Å². The van der Waals surface area contributed by atoms with Crippen LogP contribution in [0.5, 0.6) is 5.75 Å². The Morgan fingerprint density at radius 2 is 2.11 bits per heavy atom. The van der Waals surface area contributed by atoms with Crippen LogP contribution in [0.25, 0.3) is 0 Å². The quantitative estimate of drug-likeness (QED) is 0.826. The van der Waals surface area contributed by atoms with Gasteiger partial charge in [-0.25, -0.2) is 0 Å². The molecule has 3 heteroatoms. The fourth-order valence-corrected chi connectivity index (χ4v) is 2.63. The second-order valence-corrected chi connectivity index (χ2v) is 6.03. The lowest BCUT2D eigenvalue weighted by Crippen LogP contribution is -2.43. The van der Waals surface area contributed by atoms with E-state index in [4.69, 9.17) is 10.5 Å². The summed E-state index contributed by atoms with van der Waals surface area (Å²) in [5.74, 6) is 1.45. The molecule has 3 N–H and O–H groups in total. The molecule has 1 fully saturated rings. The highest BCUT2D eigenvalue weighted by molar-refractivity contribution is 5.58. The van der Waals surface area contributed by atoms with Gasteiger partial charge in [-0.05, 0) is 48.4 Å². The Kier molecular flexibility index (Phi) is 4.35. The number of nitrogens with one attached hydrogen (secondary N) is 1. The standard InChI is InChI=1S/C16H26N2O/c1-12(2)13-5-6-14(15(9-13)19-3)18-11-16(10-17)7-4-8-16/h5-6,9,12,18H,4,7-8,10-11,17H2,1-3H3. The van der Waals surface area contributed by atoms with E-state index in [1.807, 2.05) is 0 Å². The number of benzene rings is 1. The minimum atomic E-state index is 0.307. The van der Waals surface area contributed by atoms with Crippen LogP contribution in [0.4, 0.5) is 5.69 Å². The van der Waals surface area contributed by atoms with Crippen molar-refractivity contribution >= 4 is 5.69 Å². The fraction of sp³-hybridized carbons (Fsp3) is 0.625. The van der Waals surface area contributed by atoms with E-state index in [1.165, 1.54) is 24.8 Å². The largest absolute Gasteiger partial charge is 0.495 e. The molecule has 1 saturated carbocycles. The van der Waals surface area contributed by atoms with Crippen molar-refractivity contribution in [1.82, 2.24) is 0 Å². The first kappa shape index (κ1) is 14.2. The average Bonchev–Trinajstić information content (AvgIpc) is 2.37. The second-order valence-electron chi connectivity index (χ2n) is 6.03. The highest BCUT2D eigenvalue weighted by Crippen LogP contribution is 2.40. The van der Waals surface area contributed by atoms with Gasteiger partial charge in [-0.2, -0.15) is 0 Å². The molecule has 0 radical (unpaired) electrons. The van der Waals surface area contributed by atoms with E-state index >= 15 is 0 Å². The van der Waals surface area contributed by atoms with Crippen molar-refractivity contribution in [2.45, 2.75) is 39.0 Å². The molecule has 1 aromatic carbocycles. The van der Waals surface area contributed by atoms with Gasteiger partial charge in [-0.1, -0.05) is 26.3 Å². The SMILES string of the molecule is COc1cc(C(C)C)ccc1NCC1(CN)CCC1. The van der Waals surface area contributed by atoms with Gasteiger partial charge < -0.3 is 15.8 Å². The highest BCUT2D eigenvalue weighted by atomic mass is 16.5. The smallest absolute Gasteiger partial charge is 0.142 e. The normalized spacial score (nSPS) is 17.1. The summed E-state index contributed by atoms with van der Waals surface area (Å²) in [7, 11) is 1.73. The van der Waals surface area contributed by atoms with Crippen molar-refractivity contribution in [2.24, 2.45) is 11.1 Å². The summed E-state index contributed by atoms with van der Waals surface area (Å²) in [6, 6.07) is 6.42. The van der Waals surface area contributed by atoms with Crippen LogP contribution in [0, 0.1) is 5.41 Å². The average molecular weight is 262 g/mol. The van der Waals surface area contributed by atoms with Crippen LogP contribution in [-0.2, 0) is 0 Å². The van der Waals surface area contributed by atoms with Crippen molar-refractivity contribution in [3.05, 3.63) is 23.8 Å². The lowest BCUT2D eigenvalue weighted by atomic mass is 9.69. The maximum atomic E-state index is 5.90. The molecule has 0 aliphatic heterocycles. The predicted molar refractivity (Wildman–Crippen MR) is 80.9 cm³/mol. The predicted octanol–water partition coefficient (Wildman–Crippen LogP) is 3.36. The fourth-order valence-electron chi connectivity index (χ4n) is 2.63. The Morgan fingerprint density at radius 3 is 2.58 bits per heavy atom. The third-order valence-corrected chi connectivity index (χ3v) is 4.39. The van der Waals surface area contributed by atoms with Crippen molar-refractivity contribution in [3.63, 3.8) is 0 Å². The van der Waals surface area contributed by atoms with Crippen molar-refractivity contribution < 1.29 is 4.74 Å². The van der Waals surface area contributed by atoms with Gasteiger partial charge >= 0.3 is 0 Å². The van der Waals surface area contributed by atoms with E-state index in [0.717, 1.165) is 24.5 Å². The molecule has 0 bridgehead atoms. The minimum Gasteiger partial charge on any atom is -0.495 e. The zero-order valence-electron chi connectivity index (χ0n) is 12.3. The molecule has 0 heterocycles. The third-order valence-electron chi connectivity index (χ3n) is 4.39. The molecule has 1 aliphatic carbocycles. The highest BCUT2D eigenvalue weighted by Gasteiger charge is 2.35. The van der Waals surface area contributed by atoms with Crippen LogP contribution >= 0.6 is 0 Å². The van der Waals surface area contributed by atoms with Gasteiger partial charge in [0.15, 0.2) is 0 Å². The summed E-state index contributed by atoms with van der Waals surface area (Å²) >= 11 is 0. The molecule has 106 valence electrons. The molecule has 3 nitrogen and oxygen atoms in total. The number of hydrogen-bond donors (Lipinski definition) is 2. The molecular weight excluding hydrogens is 236 g/mol. The van der Waals surface area contributed by atoms with Crippen LogP contribution in [0.1, 0.15) is 44.6 Å². The summed E-state index contributed by atoms with van der Waals surface area (Å²) in [5, 5.41) is 3.52. The van der Waals surface area contributed by atoms with E-state index in [2.05, 4.69) is 37.4 Å². The number of hydrogen-bond acceptors (Lipinski definition) is 3. The Labute approximate surface area is 116 Å². The van der Waals surface area contributed by atoms with Gasteiger partial charge in [-0.3, -0.25) is 0 Å². The second kappa shape index (κ2) is 5.83. The lowest BCUT2D eigenvalue weighted by Gasteiger charge is -2.41. The van der Waals surface area contributed by atoms with Crippen LogP contribution in [0.3, 0.4) is 0 Å². The molecule has 1 aliphatic rings. The first-order chi connectivity index (χ1) is 9.10. The van der Waals surface area contributed by atoms with E-state index < -0.39 is 0 Å². The van der Waals surface area contributed by atoms with Gasteiger partial charge in [0.1, 0.15) is 5.75 Å². The summed E-state index contributed by atoms with van der Waals surface area (Å²) in [5.41, 5.74) is 8.58. The van der Waals surface area contributed by atoms with Gasteiger partial charge in [0.25, 0.3) is 0 Å². The van der Waals surface area contributed by atoms with Crippen LogP contribution in [0.15, 0.2) is 18.2 Å². The summed E-state index contributed by atoms with van der Waals surface area (Å²) in [6.07, 6.45) is 3.79. The third kappa shape index (κ3) is 3.03. The summed E-state index contributed by atoms with van der Waals surface area (Å²) in [6.45, 7) is 6.10. The first-order valence-corrected chi connectivity index (χ1v) is 7.22. The zero-order chi connectivity index (χ0) is 13.9. The van der Waals surface area contributed by atoms with Gasteiger partial charge in [0, 0.05) is 6.54 Å². The minimum absolute atomic E-state index is 0.307. The van der Waals surface area contributed by atoms with Gasteiger partial charge in [0.2, 0.25) is 0 Å². The molecule has 2 rings (SSSR count). The molecule has 19 heavy (non-hydrogen) atoms. The number of ether oxygens (including phenoxy) is 1. The molecule has 0 unspecified atom stereocenters. The van der Waals surface area contributed by atoms with Gasteiger partial charge in [-0.15, -0.1) is 0 Å². The van der Waals surface area contributed by atoms with Crippen molar-refractivity contribution in [1.29, 1.82) is 0 Å². The maximum Gasteiger partial charge on any atom is 0.142 e. The van der Waals surface area contributed by atoms with E-state index in [0.29, 0.717) is 11.3 Å². The van der Waals surface area contributed by atoms with E-state index in [1.54, 1.807) is 7.11 Å². The lowest BCUT2D eigenvalue weighted by molar-refractivity contribution is 0.163. The number of rotatable bonds is 6. The summed E-state index contributed by atoms with van der Waals surface area (Å²) < 4.78 is 5.49. The maximum absolute atomic E-state index is 5.90. The van der Waals surface area contributed by atoms with Gasteiger partial charge in [0.05, 0.1) is 12.8 Å². The molecule has 0 spiro atoms. The van der Waals surface area contributed by atoms with Crippen molar-refractivity contribution in [3.8, 4) is 5.75 Å². The molecule has 0 atom stereocenters. The Hall–Kier alpha value is -1.22. The molecule has 0 amide bonds. The van der Waals surface area contributed by atoms with Crippen LogP contribution in [0.2, 0.25) is 0 Å². The van der Waals surface area contributed by atoms with Crippen LogP contribution < -0.4 is 15.8 Å². The number of anilines is 1. The van der Waals surface area contributed by atoms with E-state index in [-0.39, 0.29) is 0 Å². The monoisotopic (exact) mass is 262 g/mol. The molecule has 1 aromatic rings. The Morgan fingerprint density at radius 1 is 1.37 bits per heavy atom. The topological polar surface area (TPSA) is 47.3 Å².